The van der Waals surface area contributed by atoms with Crippen LogP contribution >= 0.6 is 12.2 Å². The van der Waals surface area contributed by atoms with Gasteiger partial charge in [0.2, 0.25) is 0 Å². The number of rotatable bonds is 7. The smallest absolute Gasteiger partial charge is 0.174 e. The Morgan fingerprint density at radius 2 is 1.86 bits per heavy atom. The molecule has 0 unspecified atom stereocenters. The number of thiocarbonyl (C=S) groups is 1. The molecule has 3 aromatic heterocycles. The molecule has 6 nitrogen and oxygen atoms in total. The van der Waals surface area contributed by atoms with Gasteiger partial charge in [-0.15, -0.1) is 0 Å². The Balaban J connectivity index is 1.37. The second-order valence-electron chi connectivity index (χ2n) is 10.0. The van der Waals surface area contributed by atoms with E-state index in [1.807, 2.05) is 30.5 Å². The second kappa shape index (κ2) is 10.1. The molecular formula is C30H32N4O2S. The number of nitrogens with one attached hydrogen (secondary N) is 1. The molecular weight excluding hydrogens is 480 g/mol. The van der Waals surface area contributed by atoms with Crippen molar-refractivity contribution in [1.29, 1.82) is 0 Å². The van der Waals surface area contributed by atoms with Gasteiger partial charge in [-0.25, -0.2) is 0 Å². The summed E-state index contributed by atoms with van der Waals surface area (Å²) < 4.78 is 14.2. The van der Waals surface area contributed by atoms with E-state index in [1.54, 1.807) is 6.26 Å². The van der Waals surface area contributed by atoms with Crippen molar-refractivity contribution in [2.45, 2.75) is 64.3 Å². The lowest BCUT2D eigenvalue weighted by Crippen LogP contribution is -2.29. The summed E-state index contributed by atoms with van der Waals surface area (Å²) in [6.45, 7) is 5.02. The highest BCUT2D eigenvalue weighted by molar-refractivity contribution is 7.80. The summed E-state index contributed by atoms with van der Waals surface area (Å²) in [6, 6.07) is 20.5. The summed E-state index contributed by atoms with van der Waals surface area (Å²) in [5.74, 6) is 1.85. The highest BCUT2D eigenvalue weighted by Gasteiger charge is 2.42. The summed E-state index contributed by atoms with van der Waals surface area (Å²) in [4.78, 5) is 6.93. The fourth-order valence-electron chi connectivity index (χ4n) is 5.76. The number of aromatic nitrogens is 2. The van der Waals surface area contributed by atoms with E-state index in [1.165, 1.54) is 29.8 Å². The highest BCUT2D eigenvalue weighted by Crippen LogP contribution is 2.43. The SMILES string of the molecule is Cc1cc([C@@H]2[C@@H](c3ccccn3)NC(=S)N2c2ccc(OC3CCCC3)cc2)c(C)n1Cc1ccco1. The molecule has 1 aromatic carbocycles. The predicted octanol–water partition coefficient (Wildman–Crippen LogP) is 6.64. The molecule has 0 bridgehead atoms. The van der Waals surface area contributed by atoms with Crippen LogP contribution in [-0.4, -0.2) is 20.8 Å². The molecule has 1 aliphatic heterocycles. The van der Waals surface area contributed by atoms with E-state index in [0.29, 0.717) is 17.8 Å². The first-order valence-electron chi connectivity index (χ1n) is 13.0. The molecule has 0 radical (unpaired) electrons. The van der Waals surface area contributed by atoms with Crippen molar-refractivity contribution < 1.29 is 9.15 Å². The average Bonchev–Trinajstić information content (AvgIpc) is 3.72. The quantitative estimate of drug-likeness (QED) is 0.280. The molecule has 1 saturated carbocycles. The summed E-state index contributed by atoms with van der Waals surface area (Å²) in [7, 11) is 0. The van der Waals surface area contributed by atoms with E-state index >= 15 is 0 Å². The van der Waals surface area contributed by atoms with Crippen LogP contribution in [0, 0.1) is 13.8 Å². The Bertz CT molecular complexity index is 1360. The Morgan fingerprint density at radius 1 is 1.05 bits per heavy atom. The van der Waals surface area contributed by atoms with Crippen molar-refractivity contribution in [2.24, 2.45) is 0 Å². The van der Waals surface area contributed by atoms with Crippen LogP contribution in [-0.2, 0) is 6.54 Å². The Morgan fingerprint density at radius 3 is 2.57 bits per heavy atom. The van der Waals surface area contributed by atoms with Crippen LogP contribution in [0.3, 0.4) is 0 Å². The molecule has 2 atom stereocenters. The minimum Gasteiger partial charge on any atom is -0.490 e. The van der Waals surface area contributed by atoms with Crippen molar-refractivity contribution in [3.63, 3.8) is 0 Å². The Labute approximate surface area is 223 Å². The van der Waals surface area contributed by atoms with E-state index in [9.17, 15) is 0 Å². The lowest BCUT2D eigenvalue weighted by atomic mass is 9.96. The van der Waals surface area contributed by atoms with Crippen LogP contribution in [0.15, 0.2) is 77.5 Å². The van der Waals surface area contributed by atoms with Gasteiger partial charge < -0.3 is 23.9 Å². The normalized spacial score (nSPS) is 19.9. The van der Waals surface area contributed by atoms with Crippen LogP contribution in [0.25, 0.3) is 0 Å². The first kappa shape index (κ1) is 23.8. The third-order valence-corrected chi connectivity index (χ3v) is 7.96. The lowest BCUT2D eigenvalue weighted by molar-refractivity contribution is 0.210. The van der Waals surface area contributed by atoms with Crippen LogP contribution < -0.4 is 15.0 Å². The lowest BCUT2D eigenvalue weighted by Gasteiger charge is -2.28. The molecule has 2 fully saturated rings. The maximum Gasteiger partial charge on any atom is 0.174 e. The molecule has 4 heterocycles. The Hall–Kier alpha value is -3.58. The maximum atomic E-state index is 6.22. The zero-order chi connectivity index (χ0) is 25.4. The van der Waals surface area contributed by atoms with Gasteiger partial charge in [0.05, 0.1) is 36.7 Å². The third kappa shape index (κ3) is 4.64. The fourth-order valence-corrected chi connectivity index (χ4v) is 6.11. The molecule has 7 heteroatoms. The largest absolute Gasteiger partial charge is 0.490 e. The van der Waals surface area contributed by atoms with Crippen LogP contribution in [0.1, 0.15) is 66.2 Å². The molecule has 37 heavy (non-hydrogen) atoms. The van der Waals surface area contributed by atoms with Gasteiger partial charge in [0.1, 0.15) is 11.5 Å². The summed E-state index contributed by atoms with van der Waals surface area (Å²) in [5, 5.41) is 4.27. The second-order valence-corrected chi connectivity index (χ2v) is 10.4. The third-order valence-electron chi connectivity index (χ3n) is 7.64. The first-order valence-corrected chi connectivity index (χ1v) is 13.5. The number of furan rings is 1. The van der Waals surface area contributed by atoms with E-state index in [2.05, 4.69) is 65.0 Å². The number of pyridine rings is 1. The number of aryl methyl sites for hydroxylation is 1. The maximum absolute atomic E-state index is 6.22. The average molecular weight is 513 g/mol. The minimum absolute atomic E-state index is 0.0550. The first-order chi connectivity index (χ1) is 18.1. The molecule has 4 aromatic rings. The van der Waals surface area contributed by atoms with Crippen LogP contribution in [0.4, 0.5) is 5.69 Å². The van der Waals surface area contributed by atoms with Gasteiger partial charge in [-0.2, -0.15) is 0 Å². The number of nitrogens with zero attached hydrogens (tertiary/aromatic N) is 3. The van der Waals surface area contributed by atoms with Crippen molar-refractivity contribution >= 4 is 23.0 Å². The van der Waals surface area contributed by atoms with Gasteiger partial charge in [0.25, 0.3) is 0 Å². The van der Waals surface area contributed by atoms with Crippen molar-refractivity contribution in [3.05, 3.63) is 102 Å². The summed E-state index contributed by atoms with van der Waals surface area (Å²) >= 11 is 5.94. The molecule has 2 aliphatic rings. The van der Waals surface area contributed by atoms with Gasteiger partial charge >= 0.3 is 0 Å². The standard InChI is InChI=1S/C30H32N4O2S/c1-20-18-26(21(2)33(20)19-25-10-7-17-35-25)29-28(27-11-5-6-16-31-27)32-30(37)34(29)22-12-14-24(15-13-22)36-23-8-3-4-9-23/h5-7,10-18,23,28-29H,3-4,8-9,19H2,1-2H3,(H,32,37)/t28-,29-/m1/s1. The van der Waals surface area contributed by atoms with Gasteiger partial charge in [-0.3, -0.25) is 4.98 Å². The number of benzene rings is 1. The number of ether oxygens (including phenoxy) is 1. The molecule has 0 amide bonds. The van der Waals surface area contributed by atoms with Gasteiger partial charge in [-0.1, -0.05) is 6.07 Å². The number of anilines is 1. The summed E-state index contributed by atoms with van der Waals surface area (Å²) in [5.41, 5.74) is 5.60. The fraction of sp³-hybridized carbons (Fsp3) is 0.333. The predicted molar refractivity (Wildman–Crippen MR) is 149 cm³/mol. The highest BCUT2D eigenvalue weighted by atomic mass is 32.1. The van der Waals surface area contributed by atoms with Crippen LogP contribution in [0.2, 0.25) is 0 Å². The topological polar surface area (TPSA) is 55.5 Å². The summed E-state index contributed by atoms with van der Waals surface area (Å²) in [6.07, 6.45) is 8.70. The van der Waals surface area contributed by atoms with Gasteiger partial charge in [-0.05, 0) is 112 Å². The van der Waals surface area contributed by atoms with E-state index < -0.39 is 0 Å². The number of hydrogen-bond acceptors (Lipinski definition) is 4. The zero-order valence-corrected chi connectivity index (χ0v) is 22.1. The molecule has 1 saturated heterocycles. The van der Waals surface area contributed by atoms with Crippen molar-refractivity contribution in [2.75, 3.05) is 4.90 Å². The molecule has 6 rings (SSSR count). The molecule has 0 spiro atoms. The van der Waals surface area contributed by atoms with Gasteiger partial charge in [0, 0.05) is 23.3 Å². The Kier molecular flexibility index (Phi) is 6.47. The van der Waals surface area contributed by atoms with E-state index in [4.69, 9.17) is 26.4 Å². The molecule has 1 aliphatic carbocycles. The van der Waals surface area contributed by atoms with E-state index in [-0.39, 0.29) is 12.1 Å². The molecule has 190 valence electrons. The monoisotopic (exact) mass is 512 g/mol. The zero-order valence-electron chi connectivity index (χ0n) is 21.3. The van der Waals surface area contributed by atoms with Gasteiger partial charge in [0.15, 0.2) is 5.11 Å². The molecule has 1 N–H and O–H groups in total. The van der Waals surface area contributed by atoms with Crippen molar-refractivity contribution in [1.82, 2.24) is 14.9 Å². The minimum atomic E-state index is -0.0827. The van der Waals surface area contributed by atoms with Crippen molar-refractivity contribution in [3.8, 4) is 5.75 Å². The van der Waals surface area contributed by atoms with Crippen LogP contribution in [0.5, 0.6) is 5.75 Å². The number of hydrogen-bond donors (Lipinski definition) is 1. The van der Waals surface area contributed by atoms with E-state index in [0.717, 1.165) is 35.7 Å².